The summed E-state index contributed by atoms with van der Waals surface area (Å²) in [6, 6.07) is 7.23. The lowest BCUT2D eigenvalue weighted by atomic mass is 10.4. The maximum Gasteiger partial charge on any atom is 0.168 e. The second-order valence-corrected chi connectivity index (χ2v) is 2.50. The van der Waals surface area contributed by atoms with Crippen LogP contribution in [0.3, 0.4) is 0 Å². The van der Waals surface area contributed by atoms with Gasteiger partial charge < -0.3 is 15.5 Å². The average Bonchev–Trinajstić information content (AvgIpc) is 2.30. The zero-order valence-electron chi connectivity index (χ0n) is 8.24. The molecular weight excluding hydrogens is 192 g/mol. The quantitative estimate of drug-likeness (QED) is 0.443. The second kappa shape index (κ2) is 10.1. The van der Waals surface area contributed by atoms with Gasteiger partial charge >= 0.3 is 0 Å². The molecule has 0 saturated heterocycles. The molecule has 0 saturated carbocycles. The topological polar surface area (TPSA) is 82.6 Å². The zero-order valence-corrected chi connectivity index (χ0v) is 8.24. The number of aliphatic imine (C=N–C) groups is 1. The summed E-state index contributed by atoms with van der Waals surface area (Å²) in [5.74, 6) is 0. The molecule has 1 N–H and O–H groups in total. The summed E-state index contributed by atoms with van der Waals surface area (Å²) in [6.07, 6.45) is 6.10. The van der Waals surface area contributed by atoms with Gasteiger partial charge in [0.15, 0.2) is 18.9 Å². The van der Waals surface area contributed by atoms with Crippen molar-refractivity contribution >= 4 is 6.01 Å². The highest BCUT2D eigenvalue weighted by atomic mass is 16.3. The summed E-state index contributed by atoms with van der Waals surface area (Å²) in [5, 5.41) is 23.4. The fourth-order valence-electron chi connectivity index (χ4n) is 0.859. The first-order valence-corrected chi connectivity index (χ1v) is 4.38. The van der Waals surface area contributed by atoms with E-state index in [1.165, 1.54) is 12.2 Å². The highest BCUT2D eigenvalue weighted by molar-refractivity contribution is 5.46. The van der Waals surface area contributed by atoms with Crippen molar-refractivity contribution in [3.63, 3.8) is 0 Å². The maximum absolute atomic E-state index is 8.51. The molecule has 1 heterocycles. The van der Waals surface area contributed by atoms with Crippen LogP contribution in [0.1, 0.15) is 6.42 Å². The van der Waals surface area contributed by atoms with Crippen molar-refractivity contribution < 1.29 is 9.67 Å². The Morgan fingerprint density at radius 2 is 2.00 bits per heavy atom. The second-order valence-electron chi connectivity index (χ2n) is 2.50. The van der Waals surface area contributed by atoms with Gasteiger partial charge in [-0.25, -0.2) is 4.57 Å². The molecule has 0 aliphatic rings. The number of aliphatic hydroxyl groups is 1. The molecule has 0 radical (unpaired) electrons. The zero-order chi connectivity index (χ0) is 11.4. The Hall–Kier alpha value is -2.02. The molecule has 0 aliphatic heterocycles. The molecule has 5 nitrogen and oxygen atoms in total. The summed E-state index contributed by atoms with van der Waals surface area (Å²) in [7, 11) is 0. The number of nitriles is 1. The Bertz CT molecular complexity index is 338. The van der Waals surface area contributed by atoms with Crippen molar-refractivity contribution in [3.05, 3.63) is 36.0 Å². The molecule has 1 aromatic rings. The lowest BCUT2D eigenvalue weighted by Crippen LogP contribution is -2.32. The van der Waals surface area contributed by atoms with Gasteiger partial charge in [0.1, 0.15) is 0 Å². The summed E-state index contributed by atoms with van der Waals surface area (Å²) in [6.45, 7) is 1.17. The number of hydrogen-bond acceptors (Lipinski definition) is 3. The Balaban J connectivity index is 0.000000336. The smallest absolute Gasteiger partial charge is 0.168 e. The fraction of sp³-hybridized carbons (Fsp3) is 0.300. The summed E-state index contributed by atoms with van der Waals surface area (Å²) in [4.78, 5) is 2.58. The highest BCUT2D eigenvalue weighted by Crippen LogP contribution is 1.79. The van der Waals surface area contributed by atoms with E-state index in [1.807, 2.05) is 30.6 Å². The van der Waals surface area contributed by atoms with E-state index < -0.39 is 0 Å². The molecular formula is C10H12N4O. The van der Waals surface area contributed by atoms with Crippen LogP contribution >= 0.6 is 0 Å². The maximum atomic E-state index is 8.51. The van der Waals surface area contributed by atoms with E-state index in [9.17, 15) is 0 Å². The molecule has 0 spiro atoms. The van der Waals surface area contributed by atoms with Crippen LogP contribution < -0.4 is 4.57 Å². The van der Waals surface area contributed by atoms with E-state index in [4.69, 9.17) is 15.8 Å². The molecule has 5 heteroatoms. The number of pyridine rings is 1. The number of rotatable bonds is 3. The van der Waals surface area contributed by atoms with E-state index in [0.29, 0.717) is 0 Å². The molecule has 0 aromatic carbocycles. The predicted octanol–water partition coefficient (Wildman–Crippen LogP) is 0.567. The number of aromatic nitrogens is 1. The van der Waals surface area contributed by atoms with Crippen LogP contribution in [0.15, 0.2) is 35.6 Å². The van der Waals surface area contributed by atoms with E-state index in [-0.39, 0.29) is 6.61 Å². The third kappa shape index (κ3) is 8.31. The summed E-state index contributed by atoms with van der Waals surface area (Å²) in [5.41, 5.74) is 0. The van der Waals surface area contributed by atoms with Crippen molar-refractivity contribution in [2.75, 3.05) is 6.61 Å². The van der Waals surface area contributed by atoms with Crippen molar-refractivity contribution in [1.82, 2.24) is 0 Å². The molecule has 0 atom stereocenters. The SMILES string of the molecule is N#CN=C=[N-].OCCC[n+]1ccccc1. The lowest BCUT2D eigenvalue weighted by molar-refractivity contribution is -0.697. The Morgan fingerprint density at radius 3 is 2.40 bits per heavy atom. The molecule has 1 rings (SSSR count). The molecule has 0 aliphatic carbocycles. The minimum atomic E-state index is 0.266. The van der Waals surface area contributed by atoms with Crippen LogP contribution in [-0.4, -0.2) is 17.7 Å². The van der Waals surface area contributed by atoms with Crippen molar-refractivity contribution in [1.29, 1.82) is 5.26 Å². The largest absolute Gasteiger partial charge is 0.422 e. The first kappa shape index (κ1) is 13.0. The van der Waals surface area contributed by atoms with Gasteiger partial charge in [-0.2, -0.15) is 5.26 Å². The number of aryl methyl sites for hydroxylation is 1. The van der Waals surface area contributed by atoms with Gasteiger partial charge in [-0.05, 0) is 0 Å². The van der Waals surface area contributed by atoms with E-state index in [0.717, 1.165) is 13.0 Å². The Morgan fingerprint density at radius 1 is 1.33 bits per heavy atom. The van der Waals surface area contributed by atoms with Crippen LogP contribution in [0.5, 0.6) is 0 Å². The molecule has 1 aromatic heterocycles. The summed E-state index contributed by atoms with van der Waals surface area (Å²) < 4.78 is 2.05. The molecule has 0 bridgehead atoms. The van der Waals surface area contributed by atoms with Crippen molar-refractivity contribution in [2.24, 2.45) is 4.99 Å². The standard InChI is InChI=1S/C8H12NO.C2N3/c10-8-4-7-9-5-2-1-3-6-9;3-1-5-2-4/h1-3,5-6,10H,4,7-8H2;/q+1;-1. The van der Waals surface area contributed by atoms with Crippen LogP contribution in [-0.2, 0) is 6.54 Å². The predicted molar refractivity (Wildman–Crippen MR) is 54.7 cm³/mol. The highest BCUT2D eigenvalue weighted by Gasteiger charge is 1.93. The third-order valence-corrected chi connectivity index (χ3v) is 1.45. The Kier molecular flexibility index (Phi) is 8.71. The van der Waals surface area contributed by atoms with Gasteiger partial charge in [0.2, 0.25) is 0 Å². The number of nitrogens with zero attached hydrogens (tertiary/aromatic N) is 4. The first-order chi connectivity index (χ1) is 7.35. The molecule has 15 heavy (non-hydrogen) atoms. The minimum Gasteiger partial charge on any atom is -0.422 e. The number of aliphatic hydroxyl groups excluding tert-OH is 1. The van der Waals surface area contributed by atoms with Gasteiger partial charge in [0, 0.05) is 25.2 Å². The normalized spacial score (nSPS) is 7.73. The van der Waals surface area contributed by atoms with Gasteiger partial charge in [-0.3, -0.25) is 0 Å². The van der Waals surface area contributed by atoms with E-state index in [2.05, 4.69) is 9.56 Å². The first-order valence-electron chi connectivity index (χ1n) is 4.38. The fourth-order valence-corrected chi connectivity index (χ4v) is 0.859. The monoisotopic (exact) mass is 204 g/mol. The van der Waals surface area contributed by atoms with E-state index >= 15 is 0 Å². The van der Waals surface area contributed by atoms with Crippen LogP contribution in [0, 0.1) is 11.5 Å². The minimum absolute atomic E-state index is 0.266. The van der Waals surface area contributed by atoms with Gasteiger partial charge in [0.05, 0.1) is 6.19 Å². The average molecular weight is 204 g/mol. The Labute approximate surface area is 88.5 Å². The van der Waals surface area contributed by atoms with Crippen molar-refractivity contribution in [2.45, 2.75) is 13.0 Å². The van der Waals surface area contributed by atoms with Gasteiger partial charge in [-0.1, -0.05) is 6.07 Å². The number of hydrogen-bond donors (Lipinski definition) is 1. The molecule has 0 amide bonds. The molecule has 0 unspecified atom stereocenters. The van der Waals surface area contributed by atoms with Crippen molar-refractivity contribution in [3.8, 4) is 6.19 Å². The van der Waals surface area contributed by atoms with Crippen LogP contribution in [0.25, 0.3) is 5.41 Å². The van der Waals surface area contributed by atoms with Crippen LogP contribution in [0.4, 0.5) is 0 Å². The molecule has 0 fully saturated rings. The molecule has 78 valence electrons. The van der Waals surface area contributed by atoms with E-state index in [1.54, 1.807) is 0 Å². The van der Waals surface area contributed by atoms with Gasteiger partial charge in [0.25, 0.3) is 0 Å². The van der Waals surface area contributed by atoms with Gasteiger partial charge in [-0.15, -0.1) is 6.01 Å². The third-order valence-electron chi connectivity index (χ3n) is 1.45. The summed E-state index contributed by atoms with van der Waals surface area (Å²) >= 11 is 0. The van der Waals surface area contributed by atoms with Crippen LogP contribution in [0.2, 0.25) is 0 Å². The lowest BCUT2D eigenvalue weighted by Gasteiger charge is -1.91.